The van der Waals surface area contributed by atoms with Gasteiger partial charge in [0.25, 0.3) is 0 Å². The molecular formula is C23H36N4O5S. The van der Waals surface area contributed by atoms with Gasteiger partial charge in [-0.05, 0) is 23.8 Å². The molecule has 6 N–H and O–H groups in total. The molecule has 0 aliphatic heterocycles. The number of hydrogen-bond donors (Lipinski definition) is 6. The third kappa shape index (κ3) is 9.83. The highest BCUT2D eigenvalue weighted by molar-refractivity contribution is 7.80. The van der Waals surface area contributed by atoms with Crippen LogP contribution in [0, 0.1) is 11.8 Å². The van der Waals surface area contributed by atoms with Crippen LogP contribution in [0.1, 0.15) is 39.7 Å². The lowest BCUT2D eigenvalue weighted by molar-refractivity contribution is -0.142. The first-order valence-corrected chi connectivity index (χ1v) is 11.6. The number of aliphatic carboxylic acids is 1. The molecule has 0 aliphatic carbocycles. The largest absolute Gasteiger partial charge is 0.480 e. The highest BCUT2D eigenvalue weighted by atomic mass is 32.1. The summed E-state index contributed by atoms with van der Waals surface area (Å²) in [6.45, 7) is 7.29. The third-order valence-corrected chi connectivity index (χ3v) is 5.41. The fourth-order valence-corrected chi connectivity index (χ4v) is 3.33. The quantitative estimate of drug-likeness (QED) is 0.229. The van der Waals surface area contributed by atoms with Crippen LogP contribution < -0.4 is 21.7 Å². The molecule has 184 valence electrons. The molecule has 0 fully saturated rings. The first-order valence-electron chi connectivity index (χ1n) is 11.0. The van der Waals surface area contributed by atoms with E-state index in [9.17, 15) is 24.3 Å². The van der Waals surface area contributed by atoms with Gasteiger partial charge in [0.1, 0.15) is 18.1 Å². The Bertz CT molecular complexity index is 803. The van der Waals surface area contributed by atoms with E-state index in [1.54, 1.807) is 38.1 Å². The number of hydrogen-bond acceptors (Lipinski definition) is 6. The fourth-order valence-electron chi connectivity index (χ4n) is 3.16. The normalized spacial score (nSPS) is 14.8. The summed E-state index contributed by atoms with van der Waals surface area (Å²) in [5.74, 6) is -2.93. The molecule has 0 unspecified atom stereocenters. The molecule has 10 heteroatoms. The molecule has 4 atom stereocenters. The molecule has 0 heterocycles. The zero-order valence-electron chi connectivity index (χ0n) is 19.6. The SMILES string of the molecule is CC(C)C[C@H](NC(=O)[C@@H](NC(=O)[C@@H](N)CS)C(C)C)C(=O)N[C@@H](Cc1ccccc1)C(=O)O. The van der Waals surface area contributed by atoms with Crippen LogP contribution in [0.2, 0.25) is 0 Å². The lowest BCUT2D eigenvalue weighted by atomic mass is 9.99. The van der Waals surface area contributed by atoms with Gasteiger partial charge in [0.15, 0.2) is 0 Å². The number of carbonyl (C=O) groups is 4. The van der Waals surface area contributed by atoms with Gasteiger partial charge in [-0.2, -0.15) is 12.6 Å². The lowest BCUT2D eigenvalue weighted by Crippen LogP contribution is -2.58. The number of nitrogens with two attached hydrogens (primary N) is 1. The minimum atomic E-state index is -1.17. The highest BCUT2D eigenvalue weighted by Crippen LogP contribution is 2.10. The Kier molecular flexibility index (Phi) is 11.9. The second-order valence-corrected chi connectivity index (χ2v) is 9.16. The van der Waals surface area contributed by atoms with Crippen LogP contribution in [0.25, 0.3) is 0 Å². The summed E-state index contributed by atoms with van der Waals surface area (Å²) in [6.07, 6.45) is 0.403. The molecule has 33 heavy (non-hydrogen) atoms. The van der Waals surface area contributed by atoms with E-state index in [1.165, 1.54) is 0 Å². The first-order chi connectivity index (χ1) is 15.5. The van der Waals surface area contributed by atoms with Gasteiger partial charge in [-0.15, -0.1) is 0 Å². The van der Waals surface area contributed by atoms with E-state index in [4.69, 9.17) is 5.73 Å². The second-order valence-electron chi connectivity index (χ2n) is 8.80. The van der Waals surface area contributed by atoms with E-state index in [1.807, 2.05) is 19.9 Å². The van der Waals surface area contributed by atoms with Crippen molar-refractivity contribution in [1.82, 2.24) is 16.0 Å². The third-order valence-electron chi connectivity index (χ3n) is 5.02. The Labute approximate surface area is 200 Å². The van der Waals surface area contributed by atoms with Gasteiger partial charge >= 0.3 is 5.97 Å². The van der Waals surface area contributed by atoms with E-state index in [0.717, 1.165) is 5.56 Å². The Balaban J connectivity index is 2.97. The summed E-state index contributed by atoms with van der Waals surface area (Å²) in [5, 5.41) is 17.4. The molecular weight excluding hydrogens is 444 g/mol. The van der Waals surface area contributed by atoms with Gasteiger partial charge in [0, 0.05) is 12.2 Å². The summed E-state index contributed by atoms with van der Waals surface area (Å²) in [4.78, 5) is 49.9. The predicted molar refractivity (Wildman–Crippen MR) is 130 cm³/mol. The highest BCUT2D eigenvalue weighted by Gasteiger charge is 2.32. The number of carboxylic acid groups (broad SMARTS) is 1. The first kappa shape index (κ1) is 28.4. The molecule has 1 rings (SSSR count). The van der Waals surface area contributed by atoms with Gasteiger partial charge in [0.2, 0.25) is 17.7 Å². The smallest absolute Gasteiger partial charge is 0.326 e. The van der Waals surface area contributed by atoms with Crippen LogP contribution in [0.4, 0.5) is 0 Å². The molecule has 0 aliphatic rings. The summed E-state index contributed by atoms with van der Waals surface area (Å²) in [5.41, 5.74) is 6.45. The van der Waals surface area contributed by atoms with Crippen LogP contribution in [0.5, 0.6) is 0 Å². The lowest BCUT2D eigenvalue weighted by Gasteiger charge is -2.27. The van der Waals surface area contributed by atoms with Crippen molar-refractivity contribution in [2.24, 2.45) is 17.6 Å². The van der Waals surface area contributed by atoms with Crippen molar-refractivity contribution in [3.8, 4) is 0 Å². The number of amides is 3. The van der Waals surface area contributed by atoms with Crippen LogP contribution in [-0.2, 0) is 25.6 Å². The van der Waals surface area contributed by atoms with Crippen LogP contribution >= 0.6 is 12.6 Å². The average Bonchev–Trinajstić information content (AvgIpc) is 2.75. The number of thiol groups is 1. The summed E-state index contributed by atoms with van der Waals surface area (Å²) in [7, 11) is 0. The maximum Gasteiger partial charge on any atom is 0.326 e. The van der Waals surface area contributed by atoms with Gasteiger partial charge in [-0.3, -0.25) is 14.4 Å². The van der Waals surface area contributed by atoms with Crippen LogP contribution in [-0.4, -0.2) is 58.7 Å². The van der Waals surface area contributed by atoms with E-state index in [-0.39, 0.29) is 24.0 Å². The van der Waals surface area contributed by atoms with Gasteiger partial charge < -0.3 is 26.8 Å². The van der Waals surface area contributed by atoms with E-state index in [2.05, 4.69) is 28.6 Å². The van der Waals surface area contributed by atoms with Crippen molar-refractivity contribution in [1.29, 1.82) is 0 Å². The number of rotatable bonds is 13. The Morgan fingerprint density at radius 2 is 1.48 bits per heavy atom. The molecule has 3 amide bonds. The maximum absolute atomic E-state index is 13.0. The van der Waals surface area contributed by atoms with Crippen molar-refractivity contribution < 1.29 is 24.3 Å². The second kappa shape index (κ2) is 13.8. The minimum absolute atomic E-state index is 0.0446. The van der Waals surface area contributed by atoms with Gasteiger partial charge in [-0.1, -0.05) is 58.0 Å². The van der Waals surface area contributed by atoms with Crippen LogP contribution in [0.15, 0.2) is 30.3 Å². The molecule has 0 saturated heterocycles. The van der Waals surface area contributed by atoms with Gasteiger partial charge in [-0.25, -0.2) is 4.79 Å². The van der Waals surface area contributed by atoms with E-state index < -0.39 is 47.9 Å². The molecule has 0 radical (unpaired) electrons. The van der Waals surface area contributed by atoms with Crippen LogP contribution in [0.3, 0.4) is 0 Å². The fraction of sp³-hybridized carbons (Fsp3) is 0.565. The molecule has 0 aromatic heterocycles. The zero-order chi connectivity index (χ0) is 25.1. The average molecular weight is 481 g/mol. The van der Waals surface area contributed by atoms with Crippen molar-refractivity contribution in [2.75, 3.05) is 5.75 Å². The summed E-state index contributed by atoms with van der Waals surface area (Å²) >= 11 is 4.00. The molecule has 9 nitrogen and oxygen atoms in total. The Hall–Kier alpha value is -2.59. The molecule has 1 aromatic carbocycles. The van der Waals surface area contributed by atoms with Crippen molar-refractivity contribution >= 4 is 36.3 Å². The molecule has 0 bridgehead atoms. The van der Waals surface area contributed by atoms with Crippen molar-refractivity contribution in [2.45, 2.75) is 64.7 Å². The predicted octanol–water partition coefficient (Wildman–Crippen LogP) is 0.727. The van der Waals surface area contributed by atoms with Crippen molar-refractivity contribution in [3.05, 3.63) is 35.9 Å². The topological polar surface area (TPSA) is 151 Å². The van der Waals surface area contributed by atoms with Gasteiger partial charge in [0.05, 0.1) is 6.04 Å². The monoisotopic (exact) mass is 480 g/mol. The Morgan fingerprint density at radius 1 is 0.909 bits per heavy atom. The number of carbonyl (C=O) groups excluding carboxylic acids is 3. The van der Waals surface area contributed by atoms with Crippen molar-refractivity contribution in [3.63, 3.8) is 0 Å². The summed E-state index contributed by atoms with van der Waals surface area (Å²) < 4.78 is 0. The molecule has 0 spiro atoms. The molecule has 0 saturated carbocycles. The van der Waals surface area contributed by atoms with E-state index in [0.29, 0.717) is 6.42 Å². The number of carboxylic acids is 1. The Morgan fingerprint density at radius 3 is 1.97 bits per heavy atom. The standard InChI is InChI=1S/C23H36N4O5S/c1-13(2)10-17(25-22(30)19(14(3)4)27-20(28)16(24)12-33)21(29)26-18(23(31)32)11-15-8-6-5-7-9-15/h5-9,13-14,16-19,33H,10-12,24H2,1-4H3,(H,25,30)(H,26,29)(H,27,28)(H,31,32)/t16-,17-,18-,19-/m0/s1. The zero-order valence-corrected chi connectivity index (χ0v) is 20.5. The maximum atomic E-state index is 13.0. The number of nitrogens with one attached hydrogen (secondary N) is 3. The minimum Gasteiger partial charge on any atom is -0.480 e. The number of benzene rings is 1. The molecule has 1 aromatic rings. The summed E-state index contributed by atoms with van der Waals surface area (Å²) in [6, 6.07) is 5.06. The van der Waals surface area contributed by atoms with E-state index >= 15 is 0 Å².